The zero-order valence-electron chi connectivity index (χ0n) is 11.0. The number of halogens is 1. The van der Waals surface area contributed by atoms with Gasteiger partial charge < -0.3 is 15.2 Å². The molecule has 2 aromatic carbocycles. The molecule has 0 bridgehead atoms. The predicted octanol–water partition coefficient (Wildman–Crippen LogP) is 3.56. The number of hydrogen-bond acceptors (Lipinski definition) is 3. The molecule has 4 nitrogen and oxygen atoms in total. The van der Waals surface area contributed by atoms with E-state index in [9.17, 15) is 0 Å². The summed E-state index contributed by atoms with van der Waals surface area (Å²) in [5, 5.41) is 8.08. The number of nitrogens with one attached hydrogen (secondary N) is 1. The van der Waals surface area contributed by atoms with E-state index < -0.39 is 0 Å². The summed E-state index contributed by atoms with van der Waals surface area (Å²) in [6.07, 6.45) is 0. The van der Waals surface area contributed by atoms with Gasteiger partial charge in [0.25, 0.3) is 0 Å². The van der Waals surface area contributed by atoms with Crippen LogP contribution in [0.4, 0.5) is 0 Å². The maximum Gasteiger partial charge on any atom is 0.139 e. The van der Waals surface area contributed by atoms with Crippen molar-refractivity contribution >= 4 is 17.4 Å². The average Bonchev–Trinajstić information content (AvgIpc) is 2.39. The summed E-state index contributed by atoms with van der Waals surface area (Å²) >= 11 is 5.96. The highest BCUT2D eigenvalue weighted by atomic mass is 35.5. The Morgan fingerprint density at radius 1 is 1.25 bits per heavy atom. The van der Waals surface area contributed by atoms with Crippen molar-refractivity contribution in [3.05, 3.63) is 58.6 Å². The van der Waals surface area contributed by atoms with Crippen molar-refractivity contribution in [2.45, 2.75) is 6.61 Å². The summed E-state index contributed by atoms with van der Waals surface area (Å²) in [5.41, 5.74) is 7.04. The van der Waals surface area contributed by atoms with Gasteiger partial charge >= 0.3 is 0 Å². The molecule has 0 radical (unpaired) electrons. The normalized spacial score (nSPS) is 10.3. The first kappa shape index (κ1) is 14.4. The SMILES string of the molecule is COCc1cccc(Oc2cc(Cl)ccc2C(=N)N)c1. The number of methoxy groups -OCH3 is 1. The van der Waals surface area contributed by atoms with Crippen molar-refractivity contribution in [3.8, 4) is 11.5 Å². The molecule has 0 fully saturated rings. The first-order valence-corrected chi connectivity index (χ1v) is 6.37. The molecule has 0 saturated carbocycles. The van der Waals surface area contributed by atoms with Gasteiger partial charge in [-0.15, -0.1) is 0 Å². The Kier molecular flexibility index (Phi) is 4.61. The Hall–Kier alpha value is -2.04. The van der Waals surface area contributed by atoms with Crippen molar-refractivity contribution < 1.29 is 9.47 Å². The standard InChI is InChI=1S/C15H15ClN2O2/c1-19-9-10-3-2-4-12(7-10)20-14-8-11(16)5-6-13(14)15(17)18/h2-8H,9H2,1H3,(H3,17,18). The third kappa shape index (κ3) is 3.50. The summed E-state index contributed by atoms with van der Waals surface area (Å²) in [4.78, 5) is 0. The van der Waals surface area contributed by atoms with E-state index in [1.54, 1.807) is 25.3 Å². The van der Waals surface area contributed by atoms with Crippen LogP contribution in [-0.2, 0) is 11.3 Å². The fraction of sp³-hybridized carbons (Fsp3) is 0.133. The molecule has 20 heavy (non-hydrogen) atoms. The Morgan fingerprint density at radius 2 is 2.05 bits per heavy atom. The summed E-state index contributed by atoms with van der Waals surface area (Å²) in [6, 6.07) is 12.5. The number of nitrogens with two attached hydrogens (primary N) is 1. The molecule has 0 heterocycles. The summed E-state index contributed by atoms with van der Waals surface area (Å²) in [6.45, 7) is 0.506. The molecule has 104 valence electrons. The van der Waals surface area contributed by atoms with Gasteiger partial charge in [-0.25, -0.2) is 0 Å². The highest BCUT2D eigenvalue weighted by Gasteiger charge is 2.09. The van der Waals surface area contributed by atoms with Crippen molar-refractivity contribution in [1.82, 2.24) is 0 Å². The number of nitrogen functional groups attached to an aromatic ring is 1. The third-order valence-corrected chi connectivity index (χ3v) is 2.91. The Balaban J connectivity index is 2.31. The van der Waals surface area contributed by atoms with Crippen LogP contribution in [0.25, 0.3) is 0 Å². The number of rotatable bonds is 5. The van der Waals surface area contributed by atoms with Gasteiger partial charge in [0, 0.05) is 18.2 Å². The Morgan fingerprint density at radius 3 is 2.75 bits per heavy atom. The van der Waals surface area contributed by atoms with E-state index in [-0.39, 0.29) is 5.84 Å². The first-order valence-electron chi connectivity index (χ1n) is 6.00. The van der Waals surface area contributed by atoms with Crippen LogP contribution in [0.15, 0.2) is 42.5 Å². The second kappa shape index (κ2) is 6.41. The van der Waals surface area contributed by atoms with Crippen molar-refractivity contribution in [3.63, 3.8) is 0 Å². The molecule has 0 unspecified atom stereocenters. The van der Waals surface area contributed by atoms with Crippen LogP contribution in [0.1, 0.15) is 11.1 Å². The van der Waals surface area contributed by atoms with Crippen LogP contribution in [0.2, 0.25) is 5.02 Å². The van der Waals surface area contributed by atoms with Crippen LogP contribution in [0, 0.1) is 5.41 Å². The van der Waals surface area contributed by atoms with Gasteiger partial charge in [0.15, 0.2) is 0 Å². The minimum Gasteiger partial charge on any atom is -0.457 e. The first-order chi connectivity index (χ1) is 9.60. The second-order valence-corrected chi connectivity index (χ2v) is 4.67. The lowest BCUT2D eigenvalue weighted by Gasteiger charge is -2.11. The molecule has 0 amide bonds. The number of ether oxygens (including phenoxy) is 2. The van der Waals surface area contributed by atoms with E-state index in [4.69, 9.17) is 32.2 Å². The Bertz CT molecular complexity index is 629. The van der Waals surface area contributed by atoms with Gasteiger partial charge in [-0.05, 0) is 29.8 Å². The molecule has 2 aromatic rings. The molecular formula is C15H15ClN2O2. The molecule has 2 rings (SSSR count). The fourth-order valence-corrected chi connectivity index (χ4v) is 1.96. The van der Waals surface area contributed by atoms with Crippen LogP contribution in [0.5, 0.6) is 11.5 Å². The van der Waals surface area contributed by atoms with E-state index in [1.165, 1.54) is 0 Å². The number of amidine groups is 1. The van der Waals surface area contributed by atoms with Crippen molar-refractivity contribution in [1.29, 1.82) is 5.41 Å². The zero-order valence-corrected chi connectivity index (χ0v) is 11.8. The van der Waals surface area contributed by atoms with E-state index in [2.05, 4.69) is 0 Å². The molecule has 0 spiro atoms. The van der Waals surface area contributed by atoms with Crippen LogP contribution in [-0.4, -0.2) is 12.9 Å². The predicted molar refractivity (Wildman–Crippen MR) is 79.7 cm³/mol. The largest absolute Gasteiger partial charge is 0.457 e. The molecule has 0 aliphatic carbocycles. The molecule has 0 saturated heterocycles. The fourth-order valence-electron chi connectivity index (χ4n) is 1.80. The second-order valence-electron chi connectivity index (χ2n) is 4.24. The summed E-state index contributed by atoms with van der Waals surface area (Å²) < 4.78 is 10.9. The molecule has 0 atom stereocenters. The highest BCUT2D eigenvalue weighted by molar-refractivity contribution is 6.30. The van der Waals surface area contributed by atoms with Crippen molar-refractivity contribution in [2.75, 3.05) is 7.11 Å². The lowest BCUT2D eigenvalue weighted by atomic mass is 10.2. The molecule has 3 N–H and O–H groups in total. The summed E-state index contributed by atoms with van der Waals surface area (Å²) in [7, 11) is 1.64. The van der Waals surface area contributed by atoms with E-state index in [0.29, 0.717) is 28.7 Å². The minimum atomic E-state index is -0.0651. The van der Waals surface area contributed by atoms with E-state index in [1.807, 2.05) is 24.3 Å². The maximum absolute atomic E-state index is 7.56. The quantitative estimate of drug-likeness (QED) is 0.653. The van der Waals surface area contributed by atoms with Crippen LogP contribution >= 0.6 is 11.6 Å². The van der Waals surface area contributed by atoms with Crippen molar-refractivity contribution in [2.24, 2.45) is 5.73 Å². The highest BCUT2D eigenvalue weighted by Crippen LogP contribution is 2.28. The van der Waals surface area contributed by atoms with Gasteiger partial charge in [0.05, 0.1) is 12.2 Å². The maximum atomic E-state index is 7.56. The van der Waals surface area contributed by atoms with Gasteiger partial charge in [-0.1, -0.05) is 23.7 Å². The van der Waals surface area contributed by atoms with Gasteiger partial charge in [-0.2, -0.15) is 0 Å². The lowest BCUT2D eigenvalue weighted by Crippen LogP contribution is -2.12. The Labute approximate surface area is 122 Å². The zero-order chi connectivity index (χ0) is 14.5. The molecular weight excluding hydrogens is 276 g/mol. The van der Waals surface area contributed by atoms with Crippen LogP contribution in [0.3, 0.4) is 0 Å². The van der Waals surface area contributed by atoms with Gasteiger partial charge in [0.2, 0.25) is 0 Å². The minimum absolute atomic E-state index is 0.0651. The topological polar surface area (TPSA) is 68.3 Å². The summed E-state index contributed by atoms with van der Waals surface area (Å²) in [5.74, 6) is 1.04. The monoisotopic (exact) mass is 290 g/mol. The lowest BCUT2D eigenvalue weighted by molar-refractivity contribution is 0.184. The number of hydrogen-bond donors (Lipinski definition) is 2. The average molecular weight is 291 g/mol. The van der Waals surface area contributed by atoms with E-state index >= 15 is 0 Å². The molecule has 0 aromatic heterocycles. The molecule has 5 heteroatoms. The van der Waals surface area contributed by atoms with E-state index in [0.717, 1.165) is 5.56 Å². The molecule has 0 aliphatic heterocycles. The van der Waals surface area contributed by atoms with Crippen LogP contribution < -0.4 is 10.5 Å². The van der Waals surface area contributed by atoms with Gasteiger partial charge in [-0.3, -0.25) is 5.41 Å². The van der Waals surface area contributed by atoms with Gasteiger partial charge in [0.1, 0.15) is 17.3 Å². The smallest absolute Gasteiger partial charge is 0.139 e. The number of benzene rings is 2. The molecule has 0 aliphatic rings. The third-order valence-electron chi connectivity index (χ3n) is 2.67.